The molecule has 1 unspecified atom stereocenters. The molecule has 0 saturated carbocycles. The zero-order valence-electron chi connectivity index (χ0n) is 10.9. The van der Waals surface area contributed by atoms with Gasteiger partial charge in [-0.3, -0.25) is 4.55 Å². The highest BCUT2D eigenvalue weighted by atomic mass is 32.2. The summed E-state index contributed by atoms with van der Waals surface area (Å²) in [6.45, 7) is 3.50. The zero-order valence-corrected chi connectivity index (χ0v) is 11.7. The van der Waals surface area contributed by atoms with E-state index in [1.165, 1.54) is 12.1 Å². The maximum Gasteiger partial charge on any atom is 0.335 e. The third-order valence-corrected chi connectivity index (χ3v) is 3.24. The van der Waals surface area contributed by atoms with Gasteiger partial charge in [0.15, 0.2) is 0 Å². The fourth-order valence-corrected chi connectivity index (χ4v) is 2.09. The maximum absolute atomic E-state index is 11.0. The fraction of sp³-hybridized carbons (Fsp3) is 0.333. The summed E-state index contributed by atoms with van der Waals surface area (Å²) < 4.78 is 21.7. The minimum Gasteiger partial charge on any atom is -0.478 e. The van der Waals surface area contributed by atoms with Crippen LogP contribution >= 0.6 is 0 Å². The standard InChI is InChI=1S/C12H15NO6S/c1-12(2,6-13-20(18)19)9-4-7(10(14)15)3-8(5-9)11(16)17/h3-5,13H,6H2,1-2H3,(H,14,15)(H,16,17)(H,18,19). The summed E-state index contributed by atoms with van der Waals surface area (Å²) in [6.07, 6.45) is 0. The number of carbonyl (C=O) groups is 2. The van der Waals surface area contributed by atoms with E-state index in [9.17, 15) is 13.8 Å². The van der Waals surface area contributed by atoms with Crippen molar-refractivity contribution in [2.75, 3.05) is 6.54 Å². The van der Waals surface area contributed by atoms with Crippen molar-refractivity contribution < 1.29 is 28.6 Å². The minimum atomic E-state index is -2.20. The summed E-state index contributed by atoms with van der Waals surface area (Å²) >= 11 is -2.20. The second-order valence-electron chi connectivity index (χ2n) is 4.86. The van der Waals surface area contributed by atoms with E-state index >= 15 is 0 Å². The molecule has 0 spiro atoms. The maximum atomic E-state index is 11.0. The molecule has 1 rings (SSSR count). The normalized spacial score (nSPS) is 12.9. The van der Waals surface area contributed by atoms with Gasteiger partial charge in [0.2, 0.25) is 11.3 Å². The lowest BCUT2D eigenvalue weighted by Gasteiger charge is -2.25. The molecule has 0 saturated heterocycles. The Balaban J connectivity index is 3.25. The van der Waals surface area contributed by atoms with Crippen molar-refractivity contribution in [3.63, 3.8) is 0 Å². The molecule has 0 fully saturated rings. The van der Waals surface area contributed by atoms with E-state index in [1.807, 2.05) is 0 Å². The van der Waals surface area contributed by atoms with Gasteiger partial charge >= 0.3 is 11.9 Å². The number of carboxylic acid groups (broad SMARTS) is 2. The van der Waals surface area contributed by atoms with Gasteiger partial charge in [0.05, 0.1) is 11.1 Å². The van der Waals surface area contributed by atoms with Crippen LogP contribution in [0, 0.1) is 0 Å². The molecule has 110 valence electrons. The minimum absolute atomic E-state index is 0.0816. The van der Waals surface area contributed by atoms with Crippen LogP contribution in [0.2, 0.25) is 0 Å². The Labute approximate surface area is 118 Å². The lowest BCUT2D eigenvalue weighted by atomic mass is 9.83. The summed E-state index contributed by atoms with van der Waals surface area (Å²) in [5, 5.41) is 18.0. The van der Waals surface area contributed by atoms with Crippen molar-refractivity contribution in [1.29, 1.82) is 0 Å². The van der Waals surface area contributed by atoms with Gasteiger partial charge in [-0.25, -0.2) is 18.5 Å². The molecule has 1 aromatic carbocycles. The van der Waals surface area contributed by atoms with Crippen LogP contribution in [0.15, 0.2) is 18.2 Å². The number of hydrogen-bond donors (Lipinski definition) is 4. The average Bonchev–Trinajstić information content (AvgIpc) is 2.35. The lowest BCUT2D eigenvalue weighted by Crippen LogP contribution is -2.34. The Morgan fingerprint density at radius 2 is 1.60 bits per heavy atom. The van der Waals surface area contributed by atoms with Crippen LogP contribution in [0.25, 0.3) is 0 Å². The molecule has 8 heteroatoms. The van der Waals surface area contributed by atoms with Crippen LogP contribution in [-0.2, 0) is 16.7 Å². The molecule has 0 aliphatic rings. The number of hydrogen-bond acceptors (Lipinski definition) is 3. The Kier molecular flexibility index (Phi) is 4.98. The molecule has 0 amide bonds. The summed E-state index contributed by atoms with van der Waals surface area (Å²) in [7, 11) is 0. The van der Waals surface area contributed by atoms with Gasteiger partial charge in [-0.15, -0.1) is 0 Å². The molecule has 1 atom stereocenters. The molecule has 1 aromatic rings. The molecule has 0 aromatic heterocycles. The highest BCUT2D eigenvalue weighted by Gasteiger charge is 2.24. The van der Waals surface area contributed by atoms with Crippen LogP contribution in [0.3, 0.4) is 0 Å². The van der Waals surface area contributed by atoms with Gasteiger partial charge in [-0.05, 0) is 23.8 Å². The van der Waals surface area contributed by atoms with Gasteiger partial charge in [-0.2, -0.15) is 0 Å². The zero-order chi connectivity index (χ0) is 15.5. The van der Waals surface area contributed by atoms with Gasteiger partial charge < -0.3 is 10.2 Å². The first kappa shape index (κ1) is 16.3. The first-order chi connectivity index (χ1) is 9.13. The van der Waals surface area contributed by atoms with Crippen LogP contribution in [0.4, 0.5) is 0 Å². The predicted molar refractivity (Wildman–Crippen MR) is 72.2 cm³/mol. The van der Waals surface area contributed by atoms with Gasteiger partial charge in [-0.1, -0.05) is 13.8 Å². The number of nitrogens with one attached hydrogen (secondary N) is 1. The third kappa shape index (κ3) is 4.12. The fourth-order valence-electron chi connectivity index (χ4n) is 1.61. The summed E-state index contributed by atoms with van der Waals surface area (Å²) in [6, 6.07) is 3.79. The van der Waals surface area contributed by atoms with Gasteiger partial charge in [0.1, 0.15) is 0 Å². The van der Waals surface area contributed by atoms with Crippen molar-refractivity contribution in [3.8, 4) is 0 Å². The first-order valence-corrected chi connectivity index (χ1v) is 6.70. The van der Waals surface area contributed by atoms with E-state index in [-0.39, 0.29) is 17.7 Å². The molecular weight excluding hydrogens is 286 g/mol. The lowest BCUT2D eigenvalue weighted by molar-refractivity contribution is 0.0696. The first-order valence-electron chi connectivity index (χ1n) is 5.60. The molecular formula is C12H15NO6S. The van der Waals surface area contributed by atoms with Crippen LogP contribution < -0.4 is 4.72 Å². The number of carboxylic acids is 2. The SMILES string of the molecule is CC(C)(CNS(=O)O)c1cc(C(=O)O)cc(C(=O)O)c1. The number of aromatic carboxylic acids is 2. The van der Waals surface area contributed by atoms with Gasteiger partial charge in [0, 0.05) is 12.0 Å². The monoisotopic (exact) mass is 301 g/mol. The molecule has 7 nitrogen and oxygen atoms in total. The smallest absolute Gasteiger partial charge is 0.335 e. The Morgan fingerprint density at radius 3 is 1.95 bits per heavy atom. The van der Waals surface area contributed by atoms with E-state index < -0.39 is 28.6 Å². The molecule has 0 radical (unpaired) electrons. The van der Waals surface area contributed by atoms with Crippen LogP contribution in [0.5, 0.6) is 0 Å². The van der Waals surface area contributed by atoms with Crippen molar-refractivity contribution >= 4 is 23.2 Å². The highest BCUT2D eigenvalue weighted by molar-refractivity contribution is 7.77. The summed E-state index contributed by atoms with van der Waals surface area (Å²) in [4.78, 5) is 22.0. The van der Waals surface area contributed by atoms with Crippen molar-refractivity contribution in [3.05, 3.63) is 34.9 Å². The van der Waals surface area contributed by atoms with E-state index in [0.717, 1.165) is 6.07 Å². The van der Waals surface area contributed by atoms with E-state index in [4.69, 9.17) is 14.8 Å². The largest absolute Gasteiger partial charge is 0.478 e. The van der Waals surface area contributed by atoms with E-state index in [2.05, 4.69) is 4.72 Å². The average molecular weight is 301 g/mol. The van der Waals surface area contributed by atoms with Crippen molar-refractivity contribution in [2.24, 2.45) is 0 Å². The Morgan fingerprint density at radius 1 is 1.15 bits per heavy atom. The van der Waals surface area contributed by atoms with Crippen LogP contribution in [-0.4, -0.2) is 37.5 Å². The van der Waals surface area contributed by atoms with Crippen molar-refractivity contribution in [2.45, 2.75) is 19.3 Å². The molecule has 4 N–H and O–H groups in total. The third-order valence-electron chi connectivity index (χ3n) is 2.85. The molecule has 0 heterocycles. The Bertz CT molecular complexity index is 537. The van der Waals surface area contributed by atoms with Crippen LogP contribution in [0.1, 0.15) is 40.1 Å². The number of rotatable bonds is 6. The van der Waals surface area contributed by atoms with Gasteiger partial charge in [0.25, 0.3) is 0 Å². The van der Waals surface area contributed by atoms with Crippen molar-refractivity contribution in [1.82, 2.24) is 4.72 Å². The molecule has 0 aliphatic heterocycles. The second-order valence-corrected chi connectivity index (χ2v) is 5.65. The highest BCUT2D eigenvalue weighted by Crippen LogP contribution is 2.25. The molecule has 0 aliphatic carbocycles. The molecule has 0 bridgehead atoms. The van der Waals surface area contributed by atoms with E-state index in [1.54, 1.807) is 13.8 Å². The number of benzene rings is 1. The van der Waals surface area contributed by atoms with E-state index in [0.29, 0.717) is 5.56 Å². The second kappa shape index (κ2) is 6.12. The Hall–Kier alpha value is -1.77. The predicted octanol–water partition coefficient (Wildman–Crippen LogP) is 1.09. The summed E-state index contributed by atoms with van der Waals surface area (Å²) in [5.74, 6) is -2.47. The topological polar surface area (TPSA) is 124 Å². The summed E-state index contributed by atoms with van der Waals surface area (Å²) in [5.41, 5.74) is -0.544. The molecule has 20 heavy (non-hydrogen) atoms. The quantitative estimate of drug-likeness (QED) is 0.583.